The number of alkyl halides is 1. The third kappa shape index (κ3) is 2.05. The van der Waals surface area contributed by atoms with E-state index < -0.39 is 0 Å². The fraction of sp³-hybridized carbons (Fsp3) is 0.500. The van der Waals surface area contributed by atoms with Crippen LogP contribution < -0.4 is 0 Å². The molecule has 72 valence electrons. The number of hydrogen-bond acceptors (Lipinski definition) is 0. The highest BCUT2D eigenvalue weighted by molar-refractivity contribution is 6.18. The van der Waals surface area contributed by atoms with Crippen molar-refractivity contribution in [1.82, 2.24) is 0 Å². The Morgan fingerprint density at radius 1 is 1.08 bits per heavy atom. The summed E-state index contributed by atoms with van der Waals surface area (Å²) in [5, 5.41) is 0. The van der Waals surface area contributed by atoms with Crippen LogP contribution in [0.4, 0.5) is 0 Å². The van der Waals surface area contributed by atoms with Crippen LogP contribution in [0.25, 0.3) is 0 Å². The topological polar surface area (TPSA) is 0 Å². The van der Waals surface area contributed by atoms with Crippen molar-refractivity contribution in [3.63, 3.8) is 0 Å². The van der Waals surface area contributed by atoms with E-state index in [1.165, 1.54) is 5.56 Å². The average molecular weight is 197 g/mol. The van der Waals surface area contributed by atoms with Gasteiger partial charge in [-0.15, -0.1) is 11.6 Å². The Kier molecular flexibility index (Phi) is 3.80. The molecule has 0 N–H and O–H groups in total. The summed E-state index contributed by atoms with van der Waals surface area (Å²) >= 11 is 6.06. The molecule has 1 rings (SSSR count). The fourth-order valence-corrected chi connectivity index (χ4v) is 2.25. The molecule has 0 radical (unpaired) electrons. The highest BCUT2D eigenvalue weighted by atomic mass is 35.5. The Labute approximate surface area is 85.9 Å². The molecule has 0 aliphatic carbocycles. The molecule has 0 saturated heterocycles. The number of rotatable bonds is 4. The summed E-state index contributed by atoms with van der Waals surface area (Å²) in [5.74, 6) is 0.712. The Morgan fingerprint density at radius 3 is 2.00 bits per heavy atom. The number of benzene rings is 1. The van der Waals surface area contributed by atoms with Gasteiger partial charge in [-0.25, -0.2) is 0 Å². The van der Waals surface area contributed by atoms with Gasteiger partial charge in [0.15, 0.2) is 0 Å². The zero-order valence-corrected chi connectivity index (χ0v) is 9.14. The molecule has 0 spiro atoms. The molecule has 0 atom stereocenters. The number of halogens is 1. The average Bonchev–Trinajstić information content (AvgIpc) is 2.23. The lowest BCUT2D eigenvalue weighted by atomic mass is 9.78. The van der Waals surface area contributed by atoms with Crippen molar-refractivity contribution in [1.29, 1.82) is 0 Å². The van der Waals surface area contributed by atoms with E-state index in [-0.39, 0.29) is 5.41 Å². The van der Waals surface area contributed by atoms with Gasteiger partial charge in [0, 0.05) is 11.3 Å². The lowest BCUT2D eigenvalue weighted by Crippen LogP contribution is -2.26. The molecular weight excluding hydrogens is 180 g/mol. The first-order valence-electron chi connectivity index (χ1n) is 4.90. The largest absolute Gasteiger partial charge is 0.126 e. The van der Waals surface area contributed by atoms with Crippen molar-refractivity contribution < 1.29 is 0 Å². The van der Waals surface area contributed by atoms with Gasteiger partial charge in [-0.2, -0.15) is 0 Å². The summed E-state index contributed by atoms with van der Waals surface area (Å²) in [7, 11) is 0. The molecule has 0 aromatic heterocycles. The van der Waals surface area contributed by atoms with Gasteiger partial charge in [-0.1, -0.05) is 44.2 Å². The molecule has 0 heterocycles. The highest BCUT2D eigenvalue weighted by Gasteiger charge is 2.26. The molecule has 0 amide bonds. The third-order valence-corrected chi connectivity index (χ3v) is 3.51. The summed E-state index contributed by atoms with van der Waals surface area (Å²) in [6.45, 7) is 4.41. The first-order valence-corrected chi connectivity index (χ1v) is 5.44. The molecule has 0 unspecified atom stereocenters. The van der Waals surface area contributed by atoms with E-state index in [0.29, 0.717) is 5.88 Å². The van der Waals surface area contributed by atoms with Gasteiger partial charge in [-0.3, -0.25) is 0 Å². The zero-order valence-electron chi connectivity index (χ0n) is 8.39. The maximum absolute atomic E-state index is 6.06. The van der Waals surface area contributed by atoms with Crippen LogP contribution in [-0.2, 0) is 5.41 Å². The second-order valence-corrected chi connectivity index (χ2v) is 3.75. The van der Waals surface area contributed by atoms with Crippen molar-refractivity contribution in [2.24, 2.45) is 0 Å². The Bertz CT molecular complexity index is 228. The molecule has 1 aromatic rings. The fourth-order valence-electron chi connectivity index (χ4n) is 1.72. The van der Waals surface area contributed by atoms with E-state index in [9.17, 15) is 0 Å². The summed E-state index contributed by atoms with van der Waals surface area (Å²) in [6.07, 6.45) is 2.22. The van der Waals surface area contributed by atoms with E-state index in [0.717, 1.165) is 12.8 Å². The monoisotopic (exact) mass is 196 g/mol. The second kappa shape index (κ2) is 4.66. The van der Waals surface area contributed by atoms with E-state index in [2.05, 4.69) is 38.1 Å². The maximum atomic E-state index is 6.06. The quantitative estimate of drug-likeness (QED) is 0.639. The van der Waals surface area contributed by atoms with Gasteiger partial charge >= 0.3 is 0 Å². The molecule has 0 aliphatic rings. The third-order valence-electron chi connectivity index (χ3n) is 3.00. The second-order valence-electron chi connectivity index (χ2n) is 3.49. The molecular formula is C12H17Cl. The summed E-state index contributed by atoms with van der Waals surface area (Å²) in [5.41, 5.74) is 1.55. The van der Waals surface area contributed by atoms with E-state index in [1.54, 1.807) is 0 Å². The normalized spacial score (nSPS) is 11.6. The van der Waals surface area contributed by atoms with Crippen LogP contribution in [0.1, 0.15) is 32.3 Å². The van der Waals surface area contributed by atoms with Crippen LogP contribution in [0.2, 0.25) is 0 Å². The van der Waals surface area contributed by atoms with Crippen LogP contribution in [0.15, 0.2) is 30.3 Å². The minimum atomic E-state index is 0.183. The predicted octanol–water partition coefficient (Wildman–Crippen LogP) is 3.98. The molecule has 0 fully saturated rings. The van der Waals surface area contributed by atoms with Crippen molar-refractivity contribution in [3.8, 4) is 0 Å². The zero-order chi connectivity index (χ0) is 9.73. The lowest BCUT2D eigenvalue weighted by Gasteiger charge is -2.29. The molecule has 1 aromatic carbocycles. The van der Waals surface area contributed by atoms with Crippen LogP contribution in [0.5, 0.6) is 0 Å². The molecule has 13 heavy (non-hydrogen) atoms. The first kappa shape index (κ1) is 10.6. The van der Waals surface area contributed by atoms with Gasteiger partial charge < -0.3 is 0 Å². The van der Waals surface area contributed by atoms with Crippen molar-refractivity contribution in [2.45, 2.75) is 32.1 Å². The van der Waals surface area contributed by atoms with Crippen molar-refractivity contribution >= 4 is 11.6 Å². The van der Waals surface area contributed by atoms with E-state index in [4.69, 9.17) is 11.6 Å². The smallest absolute Gasteiger partial charge is 0.0320 e. The molecule has 0 saturated carbocycles. The lowest BCUT2D eigenvalue weighted by molar-refractivity contribution is 0.445. The van der Waals surface area contributed by atoms with E-state index >= 15 is 0 Å². The van der Waals surface area contributed by atoms with Crippen LogP contribution >= 0.6 is 11.6 Å². The van der Waals surface area contributed by atoms with Gasteiger partial charge in [0.25, 0.3) is 0 Å². The summed E-state index contributed by atoms with van der Waals surface area (Å²) in [4.78, 5) is 0. The van der Waals surface area contributed by atoms with Gasteiger partial charge in [0.2, 0.25) is 0 Å². The molecule has 1 heteroatoms. The minimum absolute atomic E-state index is 0.183. The van der Waals surface area contributed by atoms with Crippen molar-refractivity contribution in [3.05, 3.63) is 35.9 Å². The van der Waals surface area contributed by atoms with Gasteiger partial charge in [0.05, 0.1) is 0 Å². The highest BCUT2D eigenvalue weighted by Crippen LogP contribution is 2.32. The minimum Gasteiger partial charge on any atom is -0.126 e. The predicted molar refractivity (Wildman–Crippen MR) is 59.4 cm³/mol. The maximum Gasteiger partial charge on any atom is 0.0320 e. The van der Waals surface area contributed by atoms with Crippen LogP contribution in [0, 0.1) is 0 Å². The van der Waals surface area contributed by atoms with Crippen molar-refractivity contribution in [2.75, 3.05) is 5.88 Å². The first-order chi connectivity index (χ1) is 6.29. The molecule has 0 bridgehead atoms. The Morgan fingerprint density at radius 2 is 1.62 bits per heavy atom. The Hall–Kier alpha value is -0.490. The van der Waals surface area contributed by atoms with Crippen LogP contribution in [0.3, 0.4) is 0 Å². The summed E-state index contributed by atoms with van der Waals surface area (Å²) in [6, 6.07) is 10.6. The van der Waals surface area contributed by atoms with Gasteiger partial charge in [0.1, 0.15) is 0 Å². The standard InChI is InChI=1S/C12H17Cl/c1-3-12(4-2,10-13)11-8-6-5-7-9-11/h5-9H,3-4,10H2,1-2H3. The molecule has 0 aliphatic heterocycles. The summed E-state index contributed by atoms with van der Waals surface area (Å²) < 4.78 is 0. The van der Waals surface area contributed by atoms with Gasteiger partial charge in [-0.05, 0) is 18.4 Å². The molecule has 0 nitrogen and oxygen atoms in total. The SMILES string of the molecule is CCC(CC)(CCl)c1ccccc1. The number of hydrogen-bond donors (Lipinski definition) is 0. The van der Waals surface area contributed by atoms with E-state index in [1.807, 2.05) is 6.07 Å². The Balaban J connectivity index is 3.01. The van der Waals surface area contributed by atoms with Crippen LogP contribution in [-0.4, -0.2) is 5.88 Å².